The van der Waals surface area contributed by atoms with E-state index in [1.165, 1.54) is 5.56 Å². The Morgan fingerprint density at radius 2 is 1.77 bits per heavy atom. The zero-order chi connectivity index (χ0) is 9.68. The van der Waals surface area contributed by atoms with Crippen molar-refractivity contribution in [3.05, 3.63) is 35.4 Å². The lowest BCUT2D eigenvalue weighted by atomic mass is 10.1. The number of hydrogen-bond acceptors (Lipinski definition) is 2. The summed E-state index contributed by atoms with van der Waals surface area (Å²) in [6, 6.07) is 7.74. The van der Waals surface area contributed by atoms with E-state index < -0.39 is 0 Å². The molecule has 2 nitrogen and oxygen atoms in total. The Morgan fingerprint density at radius 1 is 1.23 bits per heavy atom. The first-order valence-electron chi connectivity index (χ1n) is 4.32. The topological polar surface area (TPSA) is 34.1 Å². The van der Waals surface area contributed by atoms with Crippen LogP contribution in [0.5, 0.6) is 0 Å². The fraction of sp³-hybridized carbons (Fsp3) is 0.273. The molecule has 0 saturated heterocycles. The lowest BCUT2D eigenvalue weighted by molar-refractivity contribution is -0.129. The predicted octanol–water partition coefficient (Wildman–Crippen LogP) is 1.56. The third-order valence-corrected chi connectivity index (χ3v) is 1.94. The van der Waals surface area contributed by atoms with Gasteiger partial charge in [0.2, 0.25) is 0 Å². The largest absolute Gasteiger partial charge is 0.295 e. The molecule has 0 aliphatic heterocycles. The maximum atomic E-state index is 10.8. The van der Waals surface area contributed by atoms with E-state index in [0.717, 1.165) is 12.0 Å². The quantitative estimate of drug-likeness (QED) is 0.515. The fourth-order valence-electron chi connectivity index (χ4n) is 1.14. The molecule has 2 heteroatoms. The molecular formula is C11H12O2. The van der Waals surface area contributed by atoms with Crippen molar-refractivity contribution in [2.24, 2.45) is 0 Å². The number of benzene rings is 1. The zero-order valence-corrected chi connectivity index (χ0v) is 7.62. The number of carbonyl (C=O) groups is 2. The van der Waals surface area contributed by atoms with E-state index in [2.05, 4.69) is 6.92 Å². The Hall–Kier alpha value is -1.44. The minimum absolute atomic E-state index is 0.216. The number of aryl methyl sites for hydroxylation is 1. The zero-order valence-electron chi connectivity index (χ0n) is 7.62. The standard InChI is InChI=1S/C11H12O2/c1-2-9-3-5-10(6-4-9)7-11(13)8-12/h3-6,8H,2,7H2,1H3. The molecular weight excluding hydrogens is 164 g/mol. The van der Waals surface area contributed by atoms with E-state index in [1.807, 2.05) is 24.3 Å². The van der Waals surface area contributed by atoms with Crippen LogP contribution in [0.4, 0.5) is 0 Å². The molecule has 13 heavy (non-hydrogen) atoms. The SMILES string of the molecule is CCc1ccc(CC(=O)C=O)cc1. The molecule has 0 spiro atoms. The third-order valence-electron chi connectivity index (χ3n) is 1.94. The fourth-order valence-corrected chi connectivity index (χ4v) is 1.14. The second-order valence-corrected chi connectivity index (χ2v) is 2.93. The van der Waals surface area contributed by atoms with Gasteiger partial charge in [-0.1, -0.05) is 31.2 Å². The average molecular weight is 176 g/mol. The van der Waals surface area contributed by atoms with E-state index in [1.54, 1.807) is 0 Å². The smallest absolute Gasteiger partial charge is 0.199 e. The molecule has 0 unspecified atom stereocenters. The molecule has 0 saturated carbocycles. The van der Waals surface area contributed by atoms with Gasteiger partial charge in [-0.15, -0.1) is 0 Å². The lowest BCUT2D eigenvalue weighted by Gasteiger charge is -1.98. The molecule has 0 amide bonds. The van der Waals surface area contributed by atoms with Crippen LogP contribution in [0.1, 0.15) is 18.1 Å². The van der Waals surface area contributed by atoms with Gasteiger partial charge >= 0.3 is 0 Å². The number of aldehydes is 1. The minimum atomic E-state index is -0.371. The Bertz CT molecular complexity index is 298. The first-order chi connectivity index (χ1) is 6.26. The number of Topliss-reactive ketones (excluding diaryl/α,β-unsaturated/α-hetero) is 1. The van der Waals surface area contributed by atoms with E-state index in [0.29, 0.717) is 6.29 Å². The number of rotatable bonds is 4. The molecule has 0 N–H and O–H groups in total. The van der Waals surface area contributed by atoms with Gasteiger partial charge in [0.1, 0.15) is 0 Å². The molecule has 0 radical (unpaired) electrons. The van der Waals surface area contributed by atoms with E-state index in [4.69, 9.17) is 0 Å². The van der Waals surface area contributed by atoms with Gasteiger partial charge in [0.15, 0.2) is 12.1 Å². The molecule has 0 atom stereocenters. The Balaban J connectivity index is 2.69. The Labute approximate surface area is 77.6 Å². The van der Waals surface area contributed by atoms with Crippen molar-refractivity contribution in [2.75, 3.05) is 0 Å². The third kappa shape index (κ3) is 2.82. The predicted molar refractivity (Wildman–Crippen MR) is 50.6 cm³/mol. The van der Waals surface area contributed by atoms with Gasteiger partial charge in [-0.25, -0.2) is 0 Å². The highest BCUT2D eigenvalue weighted by molar-refractivity contribution is 6.25. The van der Waals surface area contributed by atoms with Gasteiger partial charge in [0, 0.05) is 6.42 Å². The van der Waals surface area contributed by atoms with Crippen LogP contribution in [0.25, 0.3) is 0 Å². The van der Waals surface area contributed by atoms with Crippen molar-refractivity contribution >= 4 is 12.1 Å². The summed E-state index contributed by atoms with van der Waals surface area (Å²) in [7, 11) is 0. The van der Waals surface area contributed by atoms with Crippen molar-refractivity contribution in [1.29, 1.82) is 0 Å². The molecule has 0 aromatic heterocycles. The van der Waals surface area contributed by atoms with Crippen LogP contribution in [-0.2, 0) is 22.4 Å². The van der Waals surface area contributed by atoms with Gasteiger partial charge in [-0.3, -0.25) is 9.59 Å². The van der Waals surface area contributed by atoms with Crippen molar-refractivity contribution in [2.45, 2.75) is 19.8 Å². The Kier molecular flexibility index (Phi) is 3.38. The summed E-state index contributed by atoms with van der Waals surface area (Å²) < 4.78 is 0. The van der Waals surface area contributed by atoms with Crippen LogP contribution in [-0.4, -0.2) is 12.1 Å². The molecule has 1 rings (SSSR count). The van der Waals surface area contributed by atoms with Crippen LogP contribution >= 0.6 is 0 Å². The second-order valence-electron chi connectivity index (χ2n) is 2.93. The van der Waals surface area contributed by atoms with Crippen LogP contribution in [0.2, 0.25) is 0 Å². The van der Waals surface area contributed by atoms with Gasteiger partial charge in [-0.05, 0) is 17.5 Å². The van der Waals surface area contributed by atoms with Crippen LogP contribution in [0, 0.1) is 0 Å². The summed E-state index contributed by atoms with van der Waals surface area (Å²) in [5.74, 6) is -0.371. The van der Waals surface area contributed by atoms with Crippen molar-refractivity contribution < 1.29 is 9.59 Å². The minimum Gasteiger partial charge on any atom is -0.295 e. The van der Waals surface area contributed by atoms with Crippen molar-refractivity contribution in [3.8, 4) is 0 Å². The Morgan fingerprint density at radius 3 is 2.23 bits per heavy atom. The first kappa shape index (κ1) is 9.65. The van der Waals surface area contributed by atoms with Crippen LogP contribution < -0.4 is 0 Å². The van der Waals surface area contributed by atoms with E-state index in [9.17, 15) is 9.59 Å². The van der Waals surface area contributed by atoms with E-state index >= 15 is 0 Å². The van der Waals surface area contributed by atoms with Gasteiger partial charge in [0.05, 0.1) is 0 Å². The van der Waals surface area contributed by atoms with Gasteiger partial charge < -0.3 is 0 Å². The molecule has 1 aromatic rings. The molecule has 0 fully saturated rings. The normalized spacial score (nSPS) is 9.62. The summed E-state index contributed by atoms with van der Waals surface area (Å²) in [6.45, 7) is 2.07. The highest BCUT2D eigenvalue weighted by Crippen LogP contribution is 2.05. The monoisotopic (exact) mass is 176 g/mol. The summed E-state index contributed by atoms with van der Waals surface area (Å²) in [5.41, 5.74) is 2.14. The van der Waals surface area contributed by atoms with Crippen LogP contribution in [0.15, 0.2) is 24.3 Å². The van der Waals surface area contributed by atoms with Crippen LogP contribution in [0.3, 0.4) is 0 Å². The van der Waals surface area contributed by atoms with Gasteiger partial charge in [0.25, 0.3) is 0 Å². The molecule has 0 aliphatic carbocycles. The van der Waals surface area contributed by atoms with Gasteiger partial charge in [-0.2, -0.15) is 0 Å². The average Bonchev–Trinajstić information content (AvgIpc) is 2.19. The number of hydrogen-bond donors (Lipinski definition) is 0. The molecule has 1 aromatic carbocycles. The van der Waals surface area contributed by atoms with Crippen molar-refractivity contribution in [1.82, 2.24) is 0 Å². The number of ketones is 1. The van der Waals surface area contributed by atoms with Crippen molar-refractivity contribution in [3.63, 3.8) is 0 Å². The molecule has 0 bridgehead atoms. The highest BCUT2D eigenvalue weighted by Gasteiger charge is 2.00. The number of carbonyl (C=O) groups excluding carboxylic acids is 2. The summed E-state index contributed by atoms with van der Waals surface area (Å²) in [6.07, 6.45) is 1.57. The molecule has 68 valence electrons. The summed E-state index contributed by atoms with van der Waals surface area (Å²) in [4.78, 5) is 20.9. The maximum Gasteiger partial charge on any atom is 0.199 e. The summed E-state index contributed by atoms with van der Waals surface area (Å²) >= 11 is 0. The highest BCUT2D eigenvalue weighted by atomic mass is 16.2. The first-order valence-corrected chi connectivity index (χ1v) is 4.32. The molecule has 0 aliphatic rings. The second kappa shape index (κ2) is 4.55. The summed E-state index contributed by atoms with van der Waals surface area (Å²) in [5, 5.41) is 0. The molecule has 0 heterocycles. The maximum absolute atomic E-state index is 10.8. The lowest BCUT2D eigenvalue weighted by Crippen LogP contribution is -2.02. The van der Waals surface area contributed by atoms with E-state index in [-0.39, 0.29) is 12.2 Å².